The van der Waals surface area contributed by atoms with Crippen molar-refractivity contribution in [2.24, 2.45) is 0 Å². The van der Waals surface area contributed by atoms with E-state index in [9.17, 15) is 4.79 Å². The van der Waals surface area contributed by atoms with E-state index in [0.717, 1.165) is 6.42 Å². The number of hydrogen-bond donors (Lipinski definition) is 1. The van der Waals surface area contributed by atoms with Crippen LogP contribution in [0, 0.1) is 0 Å². The summed E-state index contributed by atoms with van der Waals surface area (Å²) < 4.78 is 0. The lowest BCUT2D eigenvalue weighted by molar-refractivity contribution is 0.104. The van der Waals surface area contributed by atoms with Crippen LogP contribution in [0.5, 0.6) is 0 Å². The molecule has 1 atom stereocenters. The third-order valence-corrected chi connectivity index (χ3v) is 2.15. The summed E-state index contributed by atoms with van der Waals surface area (Å²) in [6.45, 7) is 4.15. The van der Waals surface area contributed by atoms with Gasteiger partial charge in [0.05, 0.1) is 0 Å². The highest BCUT2D eigenvalue weighted by Gasteiger charge is 2.00. The van der Waals surface area contributed by atoms with Gasteiger partial charge in [-0.05, 0) is 25.5 Å². The lowest BCUT2D eigenvalue weighted by Gasteiger charge is -2.06. The summed E-state index contributed by atoms with van der Waals surface area (Å²) in [5.74, 6) is -0.0774. The molecule has 0 amide bonds. The SMILES string of the molecule is CCC(C)N/C=C/C(=O)c1ccccn1. The molecule has 1 rings (SSSR count). The maximum absolute atomic E-state index is 11.5. The number of rotatable bonds is 5. The molecule has 0 saturated heterocycles. The first-order valence-corrected chi connectivity index (χ1v) is 5.12. The molecule has 1 unspecified atom stereocenters. The molecule has 0 bridgehead atoms. The van der Waals surface area contributed by atoms with Crippen molar-refractivity contribution in [2.45, 2.75) is 26.3 Å². The first-order chi connectivity index (χ1) is 7.24. The zero-order chi connectivity index (χ0) is 11.1. The highest BCUT2D eigenvalue weighted by Crippen LogP contribution is 1.96. The van der Waals surface area contributed by atoms with Crippen LogP contribution in [0.3, 0.4) is 0 Å². The molecule has 80 valence electrons. The van der Waals surface area contributed by atoms with Crippen molar-refractivity contribution in [1.29, 1.82) is 0 Å². The van der Waals surface area contributed by atoms with Crippen molar-refractivity contribution < 1.29 is 4.79 Å². The Labute approximate surface area is 90.2 Å². The van der Waals surface area contributed by atoms with Crippen LogP contribution < -0.4 is 5.32 Å². The summed E-state index contributed by atoms with van der Waals surface area (Å²) in [4.78, 5) is 15.5. The average molecular weight is 204 g/mol. The predicted molar refractivity (Wildman–Crippen MR) is 60.6 cm³/mol. The molecule has 3 nitrogen and oxygen atoms in total. The molecule has 0 saturated carbocycles. The number of hydrogen-bond acceptors (Lipinski definition) is 3. The highest BCUT2D eigenvalue weighted by molar-refractivity contribution is 6.02. The van der Waals surface area contributed by atoms with Gasteiger partial charge in [0, 0.05) is 24.5 Å². The minimum absolute atomic E-state index is 0.0774. The lowest BCUT2D eigenvalue weighted by Crippen LogP contribution is -2.19. The van der Waals surface area contributed by atoms with Gasteiger partial charge in [0.25, 0.3) is 0 Å². The van der Waals surface area contributed by atoms with Gasteiger partial charge in [0.15, 0.2) is 0 Å². The van der Waals surface area contributed by atoms with Gasteiger partial charge in [-0.1, -0.05) is 13.0 Å². The number of nitrogens with zero attached hydrogens (tertiary/aromatic N) is 1. The van der Waals surface area contributed by atoms with Crippen LogP contribution in [0.1, 0.15) is 30.8 Å². The molecular weight excluding hydrogens is 188 g/mol. The van der Waals surface area contributed by atoms with Crippen molar-refractivity contribution in [3.05, 3.63) is 42.4 Å². The van der Waals surface area contributed by atoms with Crippen molar-refractivity contribution >= 4 is 5.78 Å². The van der Waals surface area contributed by atoms with Gasteiger partial charge in [0.2, 0.25) is 5.78 Å². The fourth-order valence-corrected chi connectivity index (χ4v) is 1.000. The van der Waals surface area contributed by atoms with E-state index >= 15 is 0 Å². The Morgan fingerprint density at radius 2 is 2.40 bits per heavy atom. The van der Waals surface area contributed by atoms with E-state index in [1.165, 1.54) is 6.08 Å². The molecule has 0 spiro atoms. The highest BCUT2D eigenvalue weighted by atomic mass is 16.1. The fraction of sp³-hybridized carbons (Fsp3) is 0.333. The van der Waals surface area contributed by atoms with Crippen LogP contribution in [0.4, 0.5) is 0 Å². The summed E-state index contributed by atoms with van der Waals surface area (Å²) in [5, 5.41) is 3.10. The van der Waals surface area contributed by atoms with E-state index in [2.05, 4.69) is 24.1 Å². The van der Waals surface area contributed by atoms with E-state index < -0.39 is 0 Å². The van der Waals surface area contributed by atoms with Crippen LogP contribution in [-0.2, 0) is 0 Å². The Morgan fingerprint density at radius 3 is 3.00 bits per heavy atom. The van der Waals surface area contributed by atoms with Crippen LogP contribution in [0.2, 0.25) is 0 Å². The molecule has 1 aromatic heterocycles. The zero-order valence-electron chi connectivity index (χ0n) is 9.10. The number of ketones is 1. The van der Waals surface area contributed by atoms with Crippen LogP contribution in [0.25, 0.3) is 0 Å². The maximum Gasteiger partial charge on any atom is 0.205 e. The van der Waals surface area contributed by atoms with Gasteiger partial charge in [0.1, 0.15) is 5.69 Å². The fourth-order valence-electron chi connectivity index (χ4n) is 1.000. The Morgan fingerprint density at radius 1 is 1.60 bits per heavy atom. The third kappa shape index (κ3) is 3.94. The summed E-state index contributed by atoms with van der Waals surface area (Å²) in [6.07, 6.45) is 5.84. The number of carbonyl (C=O) groups excluding carboxylic acids is 1. The van der Waals surface area contributed by atoms with E-state index in [1.807, 2.05) is 0 Å². The smallest absolute Gasteiger partial charge is 0.205 e. The number of aromatic nitrogens is 1. The molecule has 1 aromatic rings. The minimum Gasteiger partial charge on any atom is -0.388 e. The third-order valence-electron chi connectivity index (χ3n) is 2.15. The van der Waals surface area contributed by atoms with Crippen LogP contribution >= 0.6 is 0 Å². The van der Waals surface area contributed by atoms with Gasteiger partial charge in [-0.3, -0.25) is 9.78 Å². The van der Waals surface area contributed by atoms with E-state index in [-0.39, 0.29) is 5.78 Å². The summed E-state index contributed by atoms with van der Waals surface area (Å²) in [7, 11) is 0. The van der Waals surface area contributed by atoms with E-state index in [0.29, 0.717) is 11.7 Å². The van der Waals surface area contributed by atoms with Gasteiger partial charge < -0.3 is 5.32 Å². The molecule has 0 radical (unpaired) electrons. The van der Waals surface area contributed by atoms with Crippen molar-refractivity contribution in [1.82, 2.24) is 10.3 Å². The largest absolute Gasteiger partial charge is 0.388 e. The molecule has 15 heavy (non-hydrogen) atoms. The molecule has 0 aliphatic carbocycles. The normalized spacial score (nSPS) is 12.7. The van der Waals surface area contributed by atoms with Crippen molar-refractivity contribution in [3.63, 3.8) is 0 Å². The molecular formula is C12H16N2O. The minimum atomic E-state index is -0.0774. The lowest BCUT2D eigenvalue weighted by atomic mass is 10.2. The van der Waals surface area contributed by atoms with Gasteiger partial charge in [-0.2, -0.15) is 0 Å². The van der Waals surface area contributed by atoms with Gasteiger partial charge in [-0.25, -0.2) is 0 Å². The number of pyridine rings is 1. The predicted octanol–water partition coefficient (Wildman–Crippen LogP) is 2.17. The Kier molecular flexibility index (Phi) is 4.54. The second-order valence-electron chi connectivity index (χ2n) is 3.39. The zero-order valence-corrected chi connectivity index (χ0v) is 9.10. The molecule has 0 fully saturated rings. The Balaban J connectivity index is 2.49. The van der Waals surface area contributed by atoms with Crippen LogP contribution in [0.15, 0.2) is 36.7 Å². The average Bonchev–Trinajstić information content (AvgIpc) is 2.29. The second-order valence-corrected chi connectivity index (χ2v) is 3.39. The first-order valence-electron chi connectivity index (χ1n) is 5.12. The monoisotopic (exact) mass is 204 g/mol. The molecule has 0 aromatic carbocycles. The summed E-state index contributed by atoms with van der Waals surface area (Å²) in [5.41, 5.74) is 0.472. The quantitative estimate of drug-likeness (QED) is 0.590. The topological polar surface area (TPSA) is 42.0 Å². The first kappa shape index (κ1) is 11.4. The molecule has 0 aliphatic heterocycles. The molecule has 1 heterocycles. The van der Waals surface area contributed by atoms with Crippen molar-refractivity contribution in [2.75, 3.05) is 0 Å². The second kappa shape index (κ2) is 5.96. The number of nitrogens with one attached hydrogen (secondary N) is 1. The number of carbonyl (C=O) groups is 1. The standard InChI is InChI=1S/C12H16N2O/c1-3-10(2)13-9-7-12(15)11-6-4-5-8-14-11/h4-10,13H,3H2,1-2H3/b9-7+. The van der Waals surface area contributed by atoms with Crippen LogP contribution in [-0.4, -0.2) is 16.8 Å². The molecule has 1 N–H and O–H groups in total. The van der Waals surface area contributed by atoms with E-state index in [4.69, 9.17) is 0 Å². The summed E-state index contributed by atoms with van der Waals surface area (Å²) in [6, 6.07) is 5.68. The molecule has 0 aliphatic rings. The summed E-state index contributed by atoms with van der Waals surface area (Å²) >= 11 is 0. The van der Waals surface area contributed by atoms with Gasteiger partial charge >= 0.3 is 0 Å². The van der Waals surface area contributed by atoms with Gasteiger partial charge in [-0.15, -0.1) is 0 Å². The number of allylic oxidation sites excluding steroid dienone is 1. The van der Waals surface area contributed by atoms with Crippen molar-refractivity contribution in [3.8, 4) is 0 Å². The van der Waals surface area contributed by atoms with E-state index in [1.54, 1.807) is 30.6 Å². The Bertz CT molecular complexity index is 333. The Hall–Kier alpha value is -1.64. The molecule has 3 heteroatoms. The maximum atomic E-state index is 11.5.